The topological polar surface area (TPSA) is 106 Å². The van der Waals surface area contributed by atoms with Gasteiger partial charge in [-0.25, -0.2) is 13.8 Å². The van der Waals surface area contributed by atoms with Gasteiger partial charge in [-0.15, -0.1) is 0 Å². The van der Waals surface area contributed by atoms with Crippen molar-refractivity contribution in [2.75, 3.05) is 11.9 Å². The van der Waals surface area contributed by atoms with Crippen molar-refractivity contribution in [2.24, 2.45) is 5.92 Å². The molecule has 31 heavy (non-hydrogen) atoms. The fourth-order valence-corrected chi connectivity index (χ4v) is 4.06. The summed E-state index contributed by atoms with van der Waals surface area (Å²) < 4.78 is 34.3. The number of nitrogens with one attached hydrogen (secondary N) is 1. The number of anilines is 1. The first kappa shape index (κ1) is 21.1. The van der Waals surface area contributed by atoms with Crippen LogP contribution in [0.25, 0.3) is 11.1 Å². The van der Waals surface area contributed by atoms with Crippen molar-refractivity contribution in [2.45, 2.75) is 45.1 Å². The molecule has 1 amide bonds. The molecule has 1 aliphatic rings. The zero-order valence-corrected chi connectivity index (χ0v) is 17.0. The second-order valence-corrected chi connectivity index (χ2v) is 7.71. The Bertz CT molecular complexity index is 1040. The summed E-state index contributed by atoms with van der Waals surface area (Å²) in [6.07, 6.45) is 5.83. The van der Waals surface area contributed by atoms with Gasteiger partial charge in [0.15, 0.2) is 12.1 Å². The largest absolute Gasteiger partial charge is 0.451 e. The van der Waals surface area contributed by atoms with Crippen molar-refractivity contribution in [3.8, 4) is 11.1 Å². The van der Waals surface area contributed by atoms with E-state index >= 15 is 0 Å². The number of carbonyl (C=O) groups is 1. The summed E-state index contributed by atoms with van der Waals surface area (Å²) in [5, 5.41) is 16.3. The molecular weight excluding hydrogens is 408 g/mol. The van der Waals surface area contributed by atoms with Gasteiger partial charge in [0.2, 0.25) is 0 Å². The van der Waals surface area contributed by atoms with Crippen molar-refractivity contribution in [3.63, 3.8) is 0 Å². The minimum absolute atomic E-state index is 0.0146. The van der Waals surface area contributed by atoms with E-state index in [1.807, 2.05) is 0 Å². The molecule has 0 aliphatic heterocycles. The highest BCUT2D eigenvalue weighted by molar-refractivity contribution is 6.05. The maximum absolute atomic E-state index is 13.9. The molecular formula is C21H23F2N5O3. The summed E-state index contributed by atoms with van der Waals surface area (Å²) in [5.41, 5.74) is 1.18. The molecule has 3 heterocycles. The predicted octanol–water partition coefficient (Wildman–Crippen LogP) is 4.16. The molecule has 1 aliphatic carbocycles. The van der Waals surface area contributed by atoms with Gasteiger partial charge in [0, 0.05) is 35.8 Å². The lowest BCUT2D eigenvalue weighted by molar-refractivity contribution is 0.102. The lowest BCUT2D eigenvalue weighted by Crippen LogP contribution is -2.20. The molecule has 1 fully saturated rings. The van der Waals surface area contributed by atoms with E-state index in [-0.39, 0.29) is 35.5 Å². The smallest absolute Gasteiger partial charge is 0.282 e. The van der Waals surface area contributed by atoms with Gasteiger partial charge < -0.3 is 14.8 Å². The third kappa shape index (κ3) is 4.34. The van der Waals surface area contributed by atoms with Gasteiger partial charge in [-0.1, -0.05) is 0 Å². The summed E-state index contributed by atoms with van der Waals surface area (Å²) in [6.45, 7) is 1.84. The number of aryl methyl sites for hydroxylation is 1. The lowest BCUT2D eigenvalue weighted by Gasteiger charge is -2.27. The summed E-state index contributed by atoms with van der Waals surface area (Å²) in [4.78, 5) is 20.5. The Morgan fingerprint density at radius 2 is 2.10 bits per heavy atom. The first-order chi connectivity index (χ1) is 15.0. The van der Waals surface area contributed by atoms with E-state index in [2.05, 4.69) is 20.4 Å². The fraction of sp³-hybridized carbons (Fsp3) is 0.429. The Kier molecular flexibility index (Phi) is 6.08. The van der Waals surface area contributed by atoms with E-state index in [1.165, 1.54) is 12.5 Å². The highest BCUT2D eigenvalue weighted by atomic mass is 19.3. The highest BCUT2D eigenvalue weighted by Crippen LogP contribution is 2.39. The van der Waals surface area contributed by atoms with E-state index in [1.54, 1.807) is 23.9 Å². The summed E-state index contributed by atoms with van der Waals surface area (Å²) >= 11 is 0. The van der Waals surface area contributed by atoms with Crippen LogP contribution in [0.2, 0.25) is 0 Å². The third-order valence-electron chi connectivity index (χ3n) is 5.74. The molecule has 0 aromatic carbocycles. The molecule has 2 N–H and O–H groups in total. The molecule has 3 aromatic rings. The van der Waals surface area contributed by atoms with Crippen LogP contribution in [0.1, 0.15) is 60.0 Å². The Hall–Kier alpha value is -3.14. The van der Waals surface area contributed by atoms with Gasteiger partial charge in [0.25, 0.3) is 12.3 Å². The van der Waals surface area contributed by atoms with E-state index < -0.39 is 12.3 Å². The number of aromatic nitrogens is 4. The van der Waals surface area contributed by atoms with Gasteiger partial charge in [0.1, 0.15) is 12.0 Å². The van der Waals surface area contributed by atoms with Crippen molar-refractivity contribution in [1.29, 1.82) is 0 Å². The quantitative estimate of drug-likeness (QED) is 0.607. The molecule has 8 nitrogen and oxygen atoms in total. The number of hydrogen-bond donors (Lipinski definition) is 2. The SMILES string of the molecule is Cc1nccc(NC(=O)c2cocn2)c1-c1cn(C2CCC(CO)CC2)nc1C(F)F. The number of hydrogen-bond acceptors (Lipinski definition) is 6. The maximum Gasteiger partial charge on any atom is 0.282 e. The van der Waals surface area contributed by atoms with Gasteiger partial charge in [0.05, 0.1) is 11.7 Å². The lowest BCUT2D eigenvalue weighted by atomic mass is 9.87. The van der Waals surface area contributed by atoms with Crippen LogP contribution >= 0.6 is 0 Å². The number of carbonyl (C=O) groups excluding carboxylic acids is 1. The Morgan fingerprint density at radius 3 is 2.74 bits per heavy atom. The highest BCUT2D eigenvalue weighted by Gasteiger charge is 2.28. The third-order valence-corrected chi connectivity index (χ3v) is 5.74. The molecule has 4 rings (SSSR count). The Morgan fingerprint density at radius 1 is 1.32 bits per heavy atom. The number of aliphatic hydroxyl groups excluding tert-OH is 1. The van der Waals surface area contributed by atoms with Crippen molar-refractivity contribution < 1.29 is 23.1 Å². The number of rotatable bonds is 6. The maximum atomic E-state index is 13.9. The molecule has 0 radical (unpaired) electrons. The van der Waals surface area contributed by atoms with E-state index in [9.17, 15) is 18.7 Å². The molecule has 164 valence electrons. The van der Waals surface area contributed by atoms with Crippen LogP contribution in [-0.2, 0) is 0 Å². The van der Waals surface area contributed by atoms with Crippen LogP contribution in [0.5, 0.6) is 0 Å². The predicted molar refractivity (Wildman–Crippen MR) is 108 cm³/mol. The van der Waals surface area contributed by atoms with E-state index in [4.69, 9.17) is 4.42 Å². The van der Waals surface area contributed by atoms with Crippen molar-refractivity contribution in [3.05, 3.63) is 48.2 Å². The monoisotopic (exact) mass is 431 g/mol. The average molecular weight is 431 g/mol. The van der Waals surface area contributed by atoms with Gasteiger partial charge >= 0.3 is 0 Å². The average Bonchev–Trinajstić information content (AvgIpc) is 3.44. The van der Waals surface area contributed by atoms with E-state index in [0.29, 0.717) is 16.9 Å². The zero-order valence-electron chi connectivity index (χ0n) is 17.0. The van der Waals surface area contributed by atoms with Crippen LogP contribution in [0.3, 0.4) is 0 Å². The second-order valence-electron chi connectivity index (χ2n) is 7.71. The minimum atomic E-state index is -2.79. The van der Waals surface area contributed by atoms with Crippen LogP contribution in [0.4, 0.5) is 14.5 Å². The standard InChI is InChI=1S/C21H23F2N5O3/c1-12-18(16(6-7-24-12)26-21(30)17-10-31-11-25-17)15-8-28(27-19(15)20(22)23)14-4-2-13(9-29)3-5-14/h6-8,10-11,13-14,20,29H,2-5,9H2,1H3,(H,24,26,30). The number of nitrogens with zero attached hydrogens (tertiary/aromatic N) is 4. The van der Waals surface area contributed by atoms with E-state index in [0.717, 1.165) is 32.1 Å². The molecule has 3 aromatic heterocycles. The molecule has 0 saturated heterocycles. The fourth-order valence-electron chi connectivity index (χ4n) is 4.06. The molecule has 0 atom stereocenters. The van der Waals surface area contributed by atoms with Gasteiger partial charge in [-0.05, 0) is 44.6 Å². The van der Waals surface area contributed by atoms with Crippen molar-refractivity contribution in [1.82, 2.24) is 19.7 Å². The molecule has 0 unspecified atom stereocenters. The Labute approximate surface area is 177 Å². The first-order valence-corrected chi connectivity index (χ1v) is 10.1. The summed E-state index contributed by atoms with van der Waals surface area (Å²) in [6, 6.07) is 1.54. The van der Waals surface area contributed by atoms with Crippen molar-refractivity contribution >= 4 is 11.6 Å². The summed E-state index contributed by atoms with van der Waals surface area (Å²) in [7, 11) is 0. The number of halogens is 2. The van der Waals surface area contributed by atoms with Crippen LogP contribution in [0, 0.1) is 12.8 Å². The number of amides is 1. The summed E-state index contributed by atoms with van der Waals surface area (Å²) in [5.74, 6) is -0.270. The molecule has 0 spiro atoms. The number of aliphatic hydroxyl groups is 1. The van der Waals surface area contributed by atoms with Crippen LogP contribution in [0.15, 0.2) is 35.5 Å². The number of alkyl halides is 2. The number of oxazole rings is 1. The normalized spacial score (nSPS) is 19.0. The van der Waals surface area contributed by atoms with Crippen LogP contribution < -0.4 is 5.32 Å². The number of pyridine rings is 1. The molecule has 1 saturated carbocycles. The first-order valence-electron chi connectivity index (χ1n) is 10.1. The van der Waals surface area contributed by atoms with Gasteiger partial charge in [-0.2, -0.15) is 5.10 Å². The van der Waals surface area contributed by atoms with Crippen LogP contribution in [-0.4, -0.2) is 37.4 Å². The minimum Gasteiger partial charge on any atom is -0.451 e. The second kappa shape index (κ2) is 8.93. The molecule has 0 bridgehead atoms. The molecule has 10 heteroatoms. The van der Waals surface area contributed by atoms with Gasteiger partial charge in [-0.3, -0.25) is 14.5 Å². The Balaban J connectivity index is 1.70. The zero-order chi connectivity index (χ0) is 22.0.